The van der Waals surface area contributed by atoms with Gasteiger partial charge in [0.05, 0.1) is 20.1 Å². The molecule has 0 aliphatic carbocycles. The Balaban J connectivity index is 1.44. The van der Waals surface area contributed by atoms with E-state index in [1.165, 1.54) is 24.6 Å². The highest BCUT2D eigenvalue weighted by molar-refractivity contribution is 7.89. The monoisotopic (exact) mass is 473 g/mol. The molecule has 2 heterocycles. The molecule has 2 aliphatic rings. The summed E-state index contributed by atoms with van der Waals surface area (Å²) < 4.78 is 38.8. The van der Waals surface area contributed by atoms with Crippen LogP contribution in [0.4, 0.5) is 5.69 Å². The highest BCUT2D eigenvalue weighted by Gasteiger charge is 2.37. The van der Waals surface area contributed by atoms with Crippen LogP contribution in [0.3, 0.4) is 0 Å². The molecule has 33 heavy (non-hydrogen) atoms. The van der Waals surface area contributed by atoms with Crippen molar-refractivity contribution in [1.82, 2.24) is 9.21 Å². The molecule has 0 aromatic heterocycles. The van der Waals surface area contributed by atoms with Crippen molar-refractivity contribution in [3.05, 3.63) is 48.5 Å². The fourth-order valence-corrected chi connectivity index (χ4v) is 6.26. The summed E-state index contributed by atoms with van der Waals surface area (Å²) in [6.07, 6.45) is 1.34. The molecular weight excluding hydrogens is 442 g/mol. The van der Waals surface area contributed by atoms with Gasteiger partial charge in [-0.15, -0.1) is 0 Å². The van der Waals surface area contributed by atoms with E-state index in [1.54, 1.807) is 12.1 Å². The zero-order chi connectivity index (χ0) is 23.4. The molecule has 0 saturated carbocycles. The lowest BCUT2D eigenvalue weighted by Crippen LogP contribution is -2.53. The minimum absolute atomic E-state index is 0.0419. The summed E-state index contributed by atoms with van der Waals surface area (Å²) in [6, 6.07) is 14.9. The van der Waals surface area contributed by atoms with E-state index in [-0.39, 0.29) is 29.0 Å². The van der Waals surface area contributed by atoms with Crippen LogP contribution in [0.5, 0.6) is 11.5 Å². The average molecular weight is 474 g/mol. The van der Waals surface area contributed by atoms with Crippen molar-refractivity contribution in [2.75, 3.05) is 58.4 Å². The summed E-state index contributed by atoms with van der Waals surface area (Å²) in [4.78, 5) is 17.5. The Labute approximate surface area is 195 Å². The van der Waals surface area contributed by atoms with Crippen LogP contribution in [-0.2, 0) is 14.8 Å². The summed E-state index contributed by atoms with van der Waals surface area (Å²) in [5.74, 6) is 0.408. The number of rotatable bonds is 6. The van der Waals surface area contributed by atoms with Crippen LogP contribution >= 0.6 is 0 Å². The summed E-state index contributed by atoms with van der Waals surface area (Å²) >= 11 is 0. The SMILES string of the molecule is COc1ccc(OC)c(S(=O)(=O)N2CCC[C@@H](C(=O)N3CCN(c4ccccc4)CC3)C2)c1. The van der Waals surface area contributed by atoms with E-state index in [2.05, 4.69) is 17.0 Å². The Morgan fingerprint density at radius 1 is 0.939 bits per heavy atom. The minimum atomic E-state index is -3.83. The Hall–Kier alpha value is -2.78. The lowest BCUT2D eigenvalue weighted by Gasteiger charge is -2.39. The molecule has 0 spiro atoms. The van der Waals surface area contributed by atoms with Gasteiger partial charge in [-0.3, -0.25) is 4.79 Å². The van der Waals surface area contributed by atoms with Gasteiger partial charge in [-0.1, -0.05) is 18.2 Å². The number of piperazine rings is 1. The number of carbonyl (C=O) groups excluding carboxylic acids is 1. The largest absolute Gasteiger partial charge is 0.497 e. The van der Waals surface area contributed by atoms with Gasteiger partial charge in [0.2, 0.25) is 15.9 Å². The fraction of sp³-hybridized carbons (Fsp3) is 0.458. The van der Waals surface area contributed by atoms with Gasteiger partial charge in [-0.25, -0.2) is 8.42 Å². The van der Waals surface area contributed by atoms with Gasteiger partial charge >= 0.3 is 0 Å². The summed E-state index contributed by atoms with van der Waals surface area (Å²) in [5.41, 5.74) is 1.16. The van der Waals surface area contributed by atoms with Crippen LogP contribution in [0.25, 0.3) is 0 Å². The van der Waals surface area contributed by atoms with Gasteiger partial charge in [-0.05, 0) is 37.1 Å². The first kappa shape index (κ1) is 23.4. The first-order valence-corrected chi connectivity index (χ1v) is 12.7. The number of methoxy groups -OCH3 is 2. The third-order valence-electron chi connectivity index (χ3n) is 6.43. The number of piperidine rings is 1. The topological polar surface area (TPSA) is 79.4 Å². The van der Waals surface area contributed by atoms with Crippen LogP contribution in [0.1, 0.15) is 12.8 Å². The highest BCUT2D eigenvalue weighted by atomic mass is 32.2. The number of anilines is 1. The molecule has 2 aromatic carbocycles. The van der Waals surface area contributed by atoms with E-state index in [0.29, 0.717) is 38.2 Å². The fourth-order valence-electron chi connectivity index (χ4n) is 4.57. The van der Waals surface area contributed by atoms with E-state index in [4.69, 9.17) is 9.47 Å². The molecule has 2 aromatic rings. The standard InChI is InChI=1S/C24H31N3O5S/c1-31-21-10-11-22(32-2)23(17-21)33(29,30)27-12-6-7-19(18-27)24(28)26-15-13-25(14-16-26)20-8-4-3-5-9-20/h3-5,8-11,17,19H,6-7,12-16,18H2,1-2H3/t19-/m1/s1. The van der Waals surface area contributed by atoms with Crippen molar-refractivity contribution < 1.29 is 22.7 Å². The minimum Gasteiger partial charge on any atom is -0.497 e. The molecule has 0 N–H and O–H groups in total. The Kier molecular flexibility index (Phi) is 7.09. The van der Waals surface area contributed by atoms with Crippen LogP contribution < -0.4 is 14.4 Å². The van der Waals surface area contributed by atoms with Crippen LogP contribution in [0, 0.1) is 5.92 Å². The third kappa shape index (κ3) is 4.94. The third-order valence-corrected chi connectivity index (χ3v) is 8.32. The lowest BCUT2D eigenvalue weighted by atomic mass is 9.97. The molecule has 2 saturated heterocycles. The van der Waals surface area contributed by atoms with Gasteiger partial charge in [0.15, 0.2) is 0 Å². The number of sulfonamides is 1. The highest BCUT2D eigenvalue weighted by Crippen LogP contribution is 2.33. The zero-order valence-electron chi connectivity index (χ0n) is 19.1. The van der Waals surface area contributed by atoms with Crippen molar-refractivity contribution in [2.45, 2.75) is 17.7 Å². The number of benzene rings is 2. The molecule has 8 nitrogen and oxygen atoms in total. The normalized spacial score (nSPS) is 19.9. The van der Waals surface area contributed by atoms with E-state index in [0.717, 1.165) is 18.8 Å². The second-order valence-corrected chi connectivity index (χ2v) is 10.3. The maximum absolute atomic E-state index is 13.4. The molecular formula is C24H31N3O5S. The smallest absolute Gasteiger partial charge is 0.246 e. The zero-order valence-corrected chi connectivity index (χ0v) is 20.0. The quantitative estimate of drug-likeness (QED) is 0.641. The lowest BCUT2D eigenvalue weighted by molar-refractivity contribution is -0.137. The summed E-state index contributed by atoms with van der Waals surface area (Å²) in [6.45, 7) is 3.38. The second kappa shape index (κ2) is 10.0. The second-order valence-electron chi connectivity index (χ2n) is 8.37. The van der Waals surface area contributed by atoms with Gasteiger partial charge in [0, 0.05) is 51.0 Å². The number of ether oxygens (including phenoxy) is 2. The number of amides is 1. The van der Waals surface area contributed by atoms with Crippen molar-refractivity contribution in [3.63, 3.8) is 0 Å². The van der Waals surface area contributed by atoms with Crippen LogP contribution in [0.2, 0.25) is 0 Å². The molecule has 2 fully saturated rings. The van der Waals surface area contributed by atoms with E-state index < -0.39 is 10.0 Å². The van der Waals surface area contributed by atoms with E-state index in [9.17, 15) is 13.2 Å². The Morgan fingerprint density at radius 3 is 2.33 bits per heavy atom. The van der Waals surface area contributed by atoms with Gasteiger partial charge < -0.3 is 19.3 Å². The first-order chi connectivity index (χ1) is 15.9. The van der Waals surface area contributed by atoms with Gasteiger partial charge in [0.1, 0.15) is 16.4 Å². The molecule has 0 radical (unpaired) electrons. The van der Waals surface area contributed by atoms with Crippen molar-refractivity contribution >= 4 is 21.6 Å². The van der Waals surface area contributed by atoms with Crippen LogP contribution in [0.15, 0.2) is 53.4 Å². The molecule has 4 rings (SSSR count). The van der Waals surface area contributed by atoms with E-state index in [1.807, 2.05) is 23.1 Å². The van der Waals surface area contributed by atoms with Crippen molar-refractivity contribution in [2.24, 2.45) is 5.92 Å². The number of hydrogen-bond donors (Lipinski definition) is 0. The maximum Gasteiger partial charge on any atom is 0.246 e. The predicted octanol–water partition coefficient (Wildman–Crippen LogP) is 2.45. The van der Waals surface area contributed by atoms with Gasteiger partial charge in [-0.2, -0.15) is 4.31 Å². The Bertz CT molecular complexity index is 1070. The number of carbonyl (C=O) groups is 1. The van der Waals surface area contributed by atoms with E-state index >= 15 is 0 Å². The van der Waals surface area contributed by atoms with Gasteiger partial charge in [0.25, 0.3) is 0 Å². The predicted molar refractivity (Wildman–Crippen MR) is 126 cm³/mol. The number of nitrogens with zero attached hydrogens (tertiary/aromatic N) is 3. The molecule has 9 heteroatoms. The summed E-state index contributed by atoms with van der Waals surface area (Å²) in [7, 11) is -0.896. The molecule has 0 unspecified atom stereocenters. The molecule has 1 amide bonds. The molecule has 0 bridgehead atoms. The average Bonchev–Trinajstić information content (AvgIpc) is 2.88. The molecule has 1 atom stereocenters. The van der Waals surface area contributed by atoms with Crippen molar-refractivity contribution in [1.29, 1.82) is 0 Å². The molecule has 178 valence electrons. The maximum atomic E-state index is 13.4. The van der Waals surface area contributed by atoms with Crippen molar-refractivity contribution in [3.8, 4) is 11.5 Å². The first-order valence-electron chi connectivity index (χ1n) is 11.2. The Morgan fingerprint density at radius 2 is 1.67 bits per heavy atom. The number of para-hydroxylation sites is 1. The van der Waals surface area contributed by atoms with Crippen LogP contribution in [-0.4, -0.2) is 77.0 Å². The summed E-state index contributed by atoms with van der Waals surface area (Å²) in [5, 5.41) is 0. The number of hydrogen-bond acceptors (Lipinski definition) is 6. The molecule has 2 aliphatic heterocycles.